The molecular formula is C37H46N10O3. The number of hydrogen-bond acceptors (Lipinski definition) is 9. The van der Waals surface area contributed by atoms with Gasteiger partial charge in [0.2, 0.25) is 11.8 Å². The fourth-order valence-corrected chi connectivity index (χ4v) is 7.19. The second-order valence-electron chi connectivity index (χ2n) is 13.6. The van der Waals surface area contributed by atoms with Crippen LogP contribution in [-0.4, -0.2) is 102 Å². The largest absolute Gasteiger partial charge is 0.489 e. The van der Waals surface area contributed by atoms with E-state index in [4.69, 9.17) is 21.6 Å². The molecule has 3 aliphatic heterocycles. The third kappa shape index (κ3) is 7.37. The van der Waals surface area contributed by atoms with Crippen molar-refractivity contribution in [2.24, 2.45) is 21.1 Å². The highest BCUT2D eigenvalue weighted by Crippen LogP contribution is 2.42. The first-order chi connectivity index (χ1) is 24.1. The van der Waals surface area contributed by atoms with Crippen molar-refractivity contribution in [2.45, 2.75) is 51.6 Å². The lowest BCUT2D eigenvalue weighted by atomic mass is 9.85. The average Bonchev–Trinajstić information content (AvgIpc) is 3.68. The summed E-state index contributed by atoms with van der Waals surface area (Å²) in [6.07, 6.45) is 6.20. The number of aliphatic imine (C=N–C) groups is 2. The van der Waals surface area contributed by atoms with Gasteiger partial charge in [-0.1, -0.05) is 24.3 Å². The molecule has 1 atom stereocenters. The zero-order valence-corrected chi connectivity index (χ0v) is 29.0. The van der Waals surface area contributed by atoms with E-state index in [0.717, 1.165) is 18.4 Å². The van der Waals surface area contributed by atoms with Crippen molar-refractivity contribution in [3.8, 4) is 5.75 Å². The number of anilines is 2. The van der Waals surface area contributed by atoms with Crippen LogP contribution in [0.15, 0.2) is 64.7 Å². The minimum atomic E-state index is -0.554. The van der Waals surface area contributed by atoms with Gasteiger partial charge >= 0.3 is 0 Å². The maximum atomic E-state index is 13.9. The Morgan fingerprint density at radius 3 is 2.50 bits per heavy atom. The van der Waals surface area contributed by atoms with Gasteiger partial charge in [-0.3, -0.25) is 34.8 Å². The number of nitrogens with one attached hydrogen (secondary N) is 1. The first-order valence-corrected chi connectivity index (χ1v) is 17.2. The quantitative estimate of drug-likeness (QED) is 0.215. The summed E-state index contributed by atoms with van der Waals surface area (Å²) in [5.41, 5.74) is 14.9. The Morgan fingerprint density at radius 1 is 1.08 bits per heavy atom. The number of nitrogen functional groups attached to an aromatic ring is 1. The molecule has 0 aliphatic carbocycles. The first-order valence-electron chi connectivity index (χ1n) is 17.2. The van der Waals surface area contributed by atoms with Gasteiger partial charge in [0.25, 0.3) is 0 Å². The van der Waals surface area contributed by atoms with Crippen LogP contribution in [0.3, 0.4) is 0 Å². The number of ether oxygens (including phenoxy) is 1. The average molecular weight is 679 g/mol. The fourth-order valence-electron chi connectivity index (χ4n) is 7.19. The summed E-state index contributed by atoms with van der Waals surface area (Å²) in [5.74, 6) is 2.02. The number of nitrogens with zero attached hydrogens (tertiary/aromatic N) is 7. The summed E-state index contributed by atoms with van der Waals surface area (Å²) in [7, 11) is 1.65. The summed E-state index contributed by atoms with van der Waals surface area (Å²) >= 11 is 0. The summed E-state index contributed by atoms with van der Waals surface area (Å²) in [5, 5.41) is 8.77. The number of hydrogen-bond donors (Lipinski definition) is 3. The molecule has 1 aromatic carbocycles. The lowest BCUT2D eigenvalue weighted by molar-refractivity contribution is -0.134. The number of amidine groups is 1. The van der Waals surface area contributed by atoms with E-state index in [1.54, 1.807) is 42.4 Å². The van der Waals surface area contributed by atoms with Gasteiger partial charge in [0.15, 0.2) is 0 Å². The number of rotatable bonds is 10. The van der Waals surface area contributed by atoms with Gasteiger partial charge in [0, 0.05) is 38.8 Å². The van der Waals surface area contributed by atoms with Crippen LogP contribution in [0.4, 0.5) is 11.5 Å². The third-order valence-electron chi connectivity index (χ3n) is 9.93. The van der Waals surface area contributed by atoms with E-state index in [2.05, 4.69) is 37.0 Å². The highest BCUT2D eigenvalue weighted by molar-refractivity contribution is 6.12. The van der Waals surface area contributed by atoms with E-state index < -0.39 is 5.41 Å². The van der Waals surface area contributed by atoms with Crippen LogP contribution in [0.1, 0.15) is 68.0 Å². The van der Waals surface area contributed by atoms with Gasteiger partial charge in [-0.05, 0) is 81.8 Å². The van der Waals surface area contributed by atoms with E-state index in [-0.39, 0.29) is 29.3 Å². The molecule has 3 fully saturated rings. The maximum Gasteiger partial charge on any atom is 0.236 e. The molecule has 0 bridgehead atoms. The monoisotopic (exact) mass is 678 g/mol. The molecule has 13 heteroatoms. The molecule has 3 saturated heterocycles. The third-order valence-corrected chi connectivity index (χ3v) is 9.93. The molecule has 0 saturated carbocycles. The lowest BCUT2D eigenvalue weighted by Crippen LogP contribution is -2.44. The van der Waals surface area contributed by atoms with E-state index in [0.29, 0.717) is 86.8 Å². The van der Waals surface area contributed by atoms with Crippen molar-refractivity contribution in [1.29, 1.82) is 5.41 Å². The van der Waals surface area contributed by atoms with Gasteiger partial charge in [-0.2, -0.15) is 0 Å². The normalized spacial score (nSPS) is 20.5. The van der Waals surface area contributed by atoms with Crippen molar-refractivity contribution < 1.29 is 14.3 Å². The highest BCUT2D eigenvalue weighted by Gasteiger charge is 2.51. The van der Waals surface area contributed by atoms with Crippen LogP contribution < -0.4 is 21.1 Å². The Kier molecular flexibility index (Phi) is 10.2. The number of pyridine rings is 2. The molecule has 262 valence electrons. The molecule has 2 aromatic heterocycles. The number of nitrogens with two attached hydrogens (primary N) is 2. The summed E-state index contributed by atoms with van der Waals surface area (Å²) in [4.78, 5) is 50.1. The van der Waals surface area contributed by atoms with Gasteiger partial charge < -0.3 is 21.1 Å². The number of benzene rings is 1. The molecule has 50 heavy (non-hydrogen) atoms. The van der Waals surface area contributed by atoms with E-state index in [1.807, 2.05) is 30.9 Å². The van der Waals surface area contributed by atoms with Crippen LogP contribution in [0.2, 0.25) is 0 Å². The predicted octanol–water partition coefficient (Wildman–Crippen LogP) is 3.46. The number of carbonyl (C=O) groups excluding carboxylic acids is 2. The second-order valence-corrected chi connectivity index (χ2v) is 13.6. The van der Waals surface area contributed by atoms with Gasteiger partial charge in [0.1, 0.15) is 35.1 Å². The van der Waals surface area contributed by atoms with Crippen LogP contribution in [0, 0.1) is 10.8 Å². The number of carbonyl (C=O) groups is 2. The molecular weight excluding hydrogens is 632 g/mol. The topological polar surface area (TPSA) is 179 Å². The minimum Gasteiger partial charge on any atom is -0.489 e. The SMILES string of the molecule is CN=CN=C(N)c1ccc(C2CCN(C(=O)CN3CC[C@]4(CCN(c5ccc(N)c(C(=N)c6ccc(OC(C)C)cn6)n5)C4=O)C3)CC2)cc1. The van der Waals surface area contributed by atoms with Crippen molar-refractivity contribution in [1.82, 2.24) is 19.8 Å². The molecule has 3 aliphatic rings. The summed E-state index contributed by atoms with van der Waals surface area (Å²) < 4.78 is 5.67. The molecule has 3 aromatic rings. The fraction of sp³-hybridized carbons (Fsp3) is 0.432. The Bertz CT molecular complexity index is 1780. The van der Waals surface area contributed by atoms with E-state index in [1.165, 1.54) is 11.9 Å². The van der Waals surface area contributed by atoms with Crippen molar-refractivity contribution >= 4 is 41.2 Å². The second kappa shape index (κ2) is 14.8. The smallest absolute Gasteiger partial charge is 0.236 e. The Morgan fingerprint density at radius 2 is 1.82 bits per heavy atom. The number of aromatic nitrogens is 2. The molecule has 1 spiro atoms. The van der Waals surface area contributed by atoms with Gasteiger partial charge in [-0.15, -0.1) is 0 Å². The predicted molar refractivity (Wildman–Crippen MR) is 195 cm³/mol. The molecule has 13 nitrogen and oxygen atoms in total. The molecule has 0 radical (unpaired) electrons. The molecule has 5 heterocycles. The maximum absolute atomic E-state index is 13.9. The molecule has 0 unspecified atom stereocenters. The number of piperidine rings is 1. The van der Waals surface area contributed by atoms with Gasteiger partial charge in [0.05, 0.1) is 35.6 Å². The zero-order chi connectivity index (χ0) is 35.4. The van der Waals surface area contributed by atoms with Crippen molar-refractivity contribution in [3.63, 3.8) is 0 Å². The van der Waals surface area contributed by atoms with Crippen molar-refractivity contribution in [3.05, 3.63) is 77.2 Å². The van der Waals surface area contributed by atoms with Crippen LogP contribution in [0.5, 0.6) is 5.75 Å². The van der Waals surface area contributed by atoms with Crippen molar-refractivity contribution in [2.75, 3.05) is 56.9 Å². The Labute approximate surface area is 293 Å². The van der Waals surface area contributed by atoms with Crippen LogP contribution in [-0.2, 0) is 9.59 Å². The molecule has 5 N–H and O–H groups in total. The number of likely N-dealkylation sites (tertiary alicyclic amines) is 2. The zero-order valence-electron chi connectivity index (χ0n) is 29.0. The highest BCUT2D eigenvalue weighted by atomic mass is 16.5. The van der Waals surface area contributed by atoms with E-state index in [9.17, 15) is 9.59 Å². The Hall–Kier alpha value is -5.17. The lowest BCUT2D eigenvalue weighted by Gasteiger charge is -2.33. The van der Waals surface area contributed by atoms with Crippen LogP contribution >= 0.6 is 0 Å². The summed E-state index contributed by atoms with van der Waals surface area (Å²) in [6.45, 7) is 7.35. The van der Waals surface area contributed by atoms with Gasteiger partial charge in [-0.25, -0.2) is 9.98 Å². The summed E-state index contributed by atoms with van der Waals surface area (Å²) in [6, 6.07) is 15.1. The minimum absolute atomic E-state index is 0.00821. The standard InChI is InChI=1S/C37H46N10O3/c1-24(2)50-28-8-10-30(42-20-28)33(39)34-29(38)9-11-31(44-34)47-19-15-37(36(47)49)14-18-45(22-37)21-32(48)46-16-12-26(13-17-46)25-4-6-27(7-5-25)35(40)43-23-41-3/h4-11,20,23-24,26,39H,12-19,21-22,38H2,1-3H3,(H2,40,41,43)/t37-/m0/s1. The molecule has 6 rings (SSSR count). The van der Waals surface area contributed by atoms with E-state index >= 15 is 0 Å². The molecule has 2 amide bonds. The van der Waals surface area contributed by atoms with Crippen LogP contribution in [0.25, 0.3) is 0 Å². The first kappa shape index (κ1) is 34.7. The number of amides is 2. The Balaban J connectivity index is 1.03.